The second kappa shape index (κ2) is 10.9. The van der Waals surface area contributed by atoms with Gasteiger partial charge in [0, 0.05) is 26.7 Å². The van der Waals surface area contributed by atoms with Crippen LogP contribution in [-0.4, -0.2) is 69.8 Å². The highest BCUT2D eigenvalue weighted by molar-refractivity contribution is 14.0. The minimum absolute atomic E-state index is 0. The van der Waals surface area contributed by atoms with Crippen LogP contribution in [0, 0.1) is 0 Å². The molecule has 0 radical (unpaired) electrons. The van der Waals surface area contributed by atoms with Gasteiger partial charge in [-0.15, -0.1) is 24.0 Å². The molecule has 1 aromatic rings. The number of piperidine rings is 1. The van der Waals surface area contributed by atoms with Gasteiger partial charge in [-0.25, -0.2) is 4.98 Å². The zero-order chi connectivity index (χ0) is 16.7. The number of likely N-dealkylation sites (N-methyl/N-ethyl adjacent to an activating group) is 1. The van der Waals surface area contributed by atoms with E-state index in [0.717, 1.165) is 31.4 Å². The van der Waals surface area contributed by atoms with E-state index in [4.69, 9.17) is 4.99 Å². The van der Waals surface area contributed by atoms with Crippen LogP contribution in [0.1, 0.15) is 38.9 Å². The summed E-state index contributed by atoms with van der Waals surface area (Å²) in [5, 5.41) is 7.51. The van der Waals surface area contributed by atoms with E-state index in [1.807, 2.05) is 7.05 Å². The van der Waals surface area contributed by atoms with E-state index in [1.54, 1.807) is 11.0 Å². The van der Waals surface area contributed by atoms with Gasteiger partial charge < -0.3 is 10.2 Å². The van der Waals surface area contributed by atoms with Gasteiger partial charge in [0.1, 0.15) is 12.2 Å². The fourth-order valence-corrected chi connectivity index (χ4v) is 3.09. The summed E-state index contributed by atoms with van der Waals surface area (Å²) in [6, 6.07) is 0.575. The number of aromatic nitrogens is 3. The first-order valence-electron chi connectivity index (χ1n) is 8.72. The molecule has 1 saturated heterocycles. The zero-order valence-corrected chi connectivity index (χ0v) is 17.7. The second-order valence-corrected chi connectivity index (χ2v) is 6.13. The summed E-state index contributed by atoms with van der Waals surface area (Å²) in [5.74, 6) is 1.88. The van der Waals surface area contributed by atoms with Crippen molar-refractivity contribution in [3.05, 3.63) is 12.2 Å². The largest absolute Gasteiger partial charge is 0.357 e. The molecule has 1 unspecified atom stereocenters. The first-order chi connectivity index (χ1) is 11.2. The smallest absolute Gasteiger partial charge is 0.194 e. The van der Waals surface area contributed by atoms with E-state index in [1.165, 1.54) is 25.8 Å². The molecule has 1 atom stereocenters. The van der Waals surface area contributed by atoms with E-state index in [2.05, 4.69) is 46.1 Å². The molecule has 2 heterocycles. The number of nitrogens with one attached hydrogen (secondary N) is 1. The normalized spacial score (nSPS) is 19.0. The van der Waals surface area contributed by atoms with Crippen LogP contribution in [0.3, 0.4) is 0 Å². The van der Waals surface area contributed by atoms with Crippen LogP contribution in [-0.2, 0) is 13.6 Å². The molecule has 0 spiro atoms. The van der Waals surface area contributed by atoms with Crippen LogP contribution in [0.5, 0.6) is 0 Å². The molecule has 138 valence electrons. The SMILES string of the molecule is CCNC(=NCC1CCCCN1CC)N(C)Cc1ncnn1C.I. The lowest BCUT2D eigenvalue weighted by Crippen LogP contribution is -2.43. The second-order valence-electron chi connectivity index (χ2n) is 6.13. The number of aryl methyl sites for hydroxylation is 1. The summed E-state index contributed by atoms with van der Waals surface area (Å²) >= 11 is 0. The standard InChI is InChI=1S/C16H31N7.HI/c1-5-17-16(21(3)12-15-19-13-20-22(15)4)18-11-14-9-7-8-10-23(14)6-2;/h13-14H,5-12H2,1-4H3,(H,17,18);1H. The molecule has 2 rings (SSSR count). The number of rotatable bonds is 6. The van der Waals surface area contributed by atoms with Crippen LogP contribution in [0.15, 0.2) is 11.3 Å². The number of aliphatic imine (C=N–C) groups is 1. The summed E-state index contributed by atoms with van der Waals surface area (Å²) in [6.07, 6.45) is 5.49. The van der Waals surface area contributed by atoms with Crippen LogP contribution in [0.4, 0.5) is 0 Å². The Morgan fingerprint density at radius 1 is 1.42 bits per heavy atom. The number of likely N-dealkylation sites (tertiary alicyclic amines) is 1. The Balaban J connectivity index is 0.00000288. The van der Waals surface area contributed by atoms with Crippen molar-refractivity contribution in [2.24, 2.45) is 12.0 Å². The average Bonchev–Trinajstić information content (AvgIpc) is 2.96. The Kier molecular flexibility index (Phi) is 9.57. The maximum atomic E-state index is 4.88. The molecule has 0 aromatic carbocycles. The van der Waals surface area contributed by atoms with Gasteiger partial charge in [0.25, 0.3) is 0 Å². The van der Waals surface area contributed by atoms with E-state index in [9.17, 15) is 0 Å². The van der Waals surface area contributed by atoms with Crippen molar-refractivity contribution in [3.8, 4) is 0 Å². The van der Waals surface area contributed by atoms with Gasteiger partial charge in [-0.05, 0) is 32.9 Å². The number of nitrogens with zero attached hydrogens (tertiary/aromatic N) is 6. The van der Waals surface area contributed by atoms with Crippen molar-refractivity contribution in [1.29, 1.82) is 0 Å². The third-order valence-electron chi connectivity index (χ3n) is 4.49. The monoisotopic (exact) mass is 449 g/mol. The molecule has 0 amide bonds. The number of hydrogen-bond acceptors (Lipinski definition) is 4. The summed E-state index contributed by atoms with van der Waals surface area (Å²) in [4.78, 5) is 13.8. The molecule has 7 nitrogen and oxygen atoms in total. The summed E-state index contributed by atoms with van der Waals surface area (Å²) in [7, 11) is 3.97. The molecule has 24 heavy (non-hydrogen) atoms. The van der Waals surface area contributed by atoms with Crippen molar-refractivity contribution >= 4 is 29.9 Å². The van der Waals surface area contributed by atoms with Crippen molar-refractivity contribution in [1.82, 2.24) is 29.9 Å². The molecule has 1 aliphatic rings. The third kappa shape index (κ3) is 5.87. The molecule has 0 saturated carbocycles. The van der Waals surface area contributed by atoms with Gasteiger partial charge in [0.15, 0.2) is 5.96 Å². The Hall–Kier alpha value is -0.900. The molecule has 0 aliphatic carbocycles. The lowest BCUT2D eigenvalue weighted by atomic mass is 10.0. The number of guanidine groups is 1. The maximum Gasteiger partial charge on any atom is 0.194 e. The number of hydrogen-bond donors (Lipinski definition) is 1. The quantitative estimate of drug-likeness (QED) is 0.407. The minimum atomic E-state index is 0. The average molecular weight is 449 g/mol. The van der Waals surface area contributed by atoms with Gasteiger partial charge in [0.05, 0.1) is 13.1 Å². The highest BCUT2D eigenvalue weighted by atomic mass is 127. The van der Waals surface area contributed by atoms with E-state index in [-0.39, 0.29) is 24.0 Å². The van der Waals surface area contributed by atoms with Gasteiger partial charge in [0.2, 0.25) is 0 Å². The third-order valence-corrected chi connectivity index (χ3v) is 4.49. The molecule has 8 heteroatoms. The first-order valence-corrected chi connectivity index (χ1v) is 8.72. The molecular weight excluding hydrogens is 417 g/mol. The molecule has 0 bridgehead atoms. The Labute approximate surface area is 162 Å². The van der Waals surface area contributed by atoms with Gasteiger partial charge >= 0.3 is 0 Å². The minimum Gasteiger partial charge on any atom is -0.357 e. The Morgan fingerprint density at radius 2 is 2.21 bits per heavy atom. The fraction of sp³-hybridized carbons (Fsp3) is 0.812. The highest BCUT2D eigenvalue weighted by Gasteiger charge is 2.21. The van der Waals surface area contributed by atoms with Gasteiger partial charge in [-0.1, -0.05) is 13.3 Å². The Bertz CT molecular complexity index is 502. The van der Waals surface area contributed by atoms with Gasteiger partial charge in [-0.3, -0.25) is 14.6 Å². The first kappa shape index (κ1) is 21.1. The Morgan fingerprint density at radius 3 is 2.83 bits per heavy atom. The maximum absolute atomic E-state index is 4.88. The topological polar surface area (TPSA) is 61.6 Å². The predicted octanol–water partition coefficient (Wildman–Crippen LogP) is 1.70. The summed E-state index contributed by atoms with van der Waals surface area (Å²) < 4.78 is 1.81. The van der Waals surface area contributed by atoms with Crippen molar-refractivity contribution in [2.45, 2.75) is 45.7 Å². The van der Waals surface area contributed by atoms with Crippen LogP contribution < -0.4 is 5.32 Å². The highest BCUT2D eigenvalue weighted by Crippen LogP contribution is 2.16. The fourth-order valence-electron chi connectivity index (χ4n) is 3.09. The van der Waals surface area contributed by atoms with E-state index in [0.29, 0.717) is 12.6 Å². The van der Waals surface area contributed by atoms with Crippen molar-refractivity contribution in [3.63, 3.8) is 0 Å². The van der Waals surface area contributed by atoms with E-state index < -0.39 is 0 Å². The molecule has 1 fully saturated rings. The molecule has 1 aliphatic heterocycles. The van der Waals surface area contributed by atoms with Crippen LogP contribution >= 0.6 is 24.0 Å². The molecule has 1 aromatic heterocycles. The summed E-state index contributed by atoms with van der Waals surface area (Å²) in [5.41, 5.74) is 0. The van der Waals surface area contributed by atoms with Crippen molar-refractivity contribution in [2.75, 3.05) is 33.2 Å². The van der Waals surface area contributed by atoms with Gasteiger partial charge in [-0.2, -0.15) is 5.10 Å². The number of halogens is 1. The van der Waals surface area contributed by atoms with Crippen LogP contribution in [0.2, 0.25) is 0 Å². The predicted molar refractivity (Wildman–Crippen MR) is 109 cm³/mol. The van der Waals surface area contributed by atoms with Crippen molar-refractivity contribution < 1.29 is 0 Å². The zero-order valence-electron chi connectivity index (χ0n) is 15.4. The summed E-state index contributed by atoms with van der Waals surface area (Å²) in [6.45, 7) is 9.10. The molecular formula is C16H32IN7. The van der Waals surface area contributed by atoms with Crippen LogP contribution in [0.25, 0.3) is 0 Å². The lowest BCUT2D eigenvalue weighted by molar-refractivity contribution is 0.161. The molecule has 1 N–H and O–H groups in total. The lowest BCUT2D eigenvalue weighted by Gasteiger charge is -2.34. The van der Waals surface area contributed by atoms with E-state index >= 15 is 0 Å².